The van der Waals surface area contributed by atoms with Crippen molar-refractivity contribution >= 4 is 10.1 Å². The number of hydrogen-bond donors (Lipinski definition) is 1. The van der Waals surface area contributed by atoms with Crippen molar-refractivity contribution in [3.05, 3.63) is 35.9 Å². The first-order valence-electron chi connectivity index (χ1n) is 4.14. The summed E-state index contributed by atoms with van der Waals surface area (Å²) < 4.78 is 26.0. The summed E-state index contributed by atoms with van der Waals surface area (Å²) >= 11 is 0. The Morgan fingerprint density at radius 1 is 1.36 bits per heavy atom. The van der Waals surface area contributed by atoms with Gasteiger partial charge in [-0.05, 0) is 5.56 Å². The van der Waals surface area contributed by atoms with Gasteiger partial charge in [-0.2, -0.15) is 8.42 Å². The molecule has 1 aromatic carbocycles. The van der Waals surface area contributed by atoms with Crippen LogP contribution >= 0.6 is 0 Å². The largest absolute Gasteiger partial charge is 0.322 e. The molecule has 4 nitrogen and oxygen atoms in total. The van der Waals surface area contributed by atoms with Gasteiger partial charge in [0.1, 0.15) is 0 Å². The predicted octanol–water partition coefficient (Wildman–Crippen LogP) is 0.663. The van der Waals surface area contributed by atoms with Crippen molar-refractivity contribution in [1.29, 1.82) is 0 Å². The molecule has 1 atom stereocenters. The van der Waals surface area contributed by atoms with E-state index in [1.54, 1.807) is 0 Å². The van der Waals surface area contributed by atoms with Crippen molar-refractivity contribution in [2.45, 2.75) is 6.04 Å². The van der Waals surface area contributed by atoms with Crippen molar-refractivity contribution in [2.75, 3.05) is 12.9 Å². The second-order valence-electron chi connectivity index (χ2n) is 3.01. The number of hydrogen-bond acceptors (Lipinski definition) is 4. The second kappa shape index (κ2) is 4.54. The zero-order chi connectivity index (χ0) is 10.6. The molecule has 0 aliphatic rings. The van der Waals surface area contributed by atoms with Gasteiger partial charge >= 0.3 is 0 Å². The molecule has 0 aliphatic carbocycles. The maximum atomic E-state index is 10.7. The Balaban J connectivity index is 2.56. The minimum atomic E-state index is -3.41. The van der Waals surface area contributed by atoms with E-state index in [1.807, 2.05) is 30.3 Å². The fourth-order valence-corrected chi connectivity index (χ4v) is 1.39. The normalized spacial score (nSPS) is 13.9. The van der Waals surface area contributed by atoms with Gasteiger partial charge < -0.3 is 5.73 Å². The predicted molar refractivity (Wildman–Crippen MR) is 54.2 cm³/mol. The zero-order valence-electron chi connectivity index (χ0n) is 7.88. The fraction of sp³-hybridized carbons (Fsp3) is 0.333. The van der Waals surface area contributed by atoms with Crippen LogP contribution in [0.25, 0.3) is 0 Å². The molecular formula is C9H13NO3S. The van der Waals surface area contributed by atoms with Crippen LogP contribution in [-0.4, -0.2) is 21.3 Å². The zero-order valence-corrected chi connectivity index (χ0v) is 8.70. The molecule has 1 aromatic rings. The van der Waals surface area contributed by atoms with Crippen LogP contribution in [0.15, 0.2) is 30.3 Å². The van der Waals surface area contributed by atoms with Gasteiger partial charge in [0.2, 0.25) is 0 Å². The lowest BCUT2D eigenvalue weighted by molar-refractivity contribution is 0.297. The summed E-state index contributed by atoms with van der Waals surface area (Å²) in [6.07, 6.45) is 1.00. The topological polar surface area (TPSA) is 69.4 Å². The quantitative estimate of drug-likeness (QED) is 0.749. The summed E-state index contributed by atoms with van der Waals surface area (Å²) in [5, 5.41) is 0. The Morgan fingerprint density at radius 2 is 1.93 bits per heavy atom. The highest BCUT2D eigenvalue weighted by atomic mass is 32.2. The Kier molecular flexibility index (Phi) is 3.62. The standard InChI is InChI=1S/C9H13NO3S/c1-14(11,12)13-7-9(10)8-5-3-2-4-6-8/h2-6,9H,7,10H2,1H3/t9-/m0/s1. The van der Waals surface area contributed by atoms with E-state index in [2.05, 4.69) is 4.18 Å². The monoisotopic (exact) mass is 215 g/mol. The molecule has 5 heteroatoms. The molecule has 0 saturated carbocycles. The van der Waals surface area contributed by atoms with Gasteiger partial charge in [0.15, 0.2) is 0 Å². The maximum Gasteiger partial charge on any atom is 0.264 e. The Bertz CT molecular complexity index is 374. The molecule has 0 heterocycles. The molecular weight excluding hydrogens is 202 g/mol. The molecule has 0 spiro atoms. The minimum absolute atomic E-state index is 0.0250. The highest BCUT2D eigenvalue weighted by Gasteiger charge is 2.09. The Labute approximate surface area is 83.8 Å². The summed E-state index contributed by atoms with van der Waals surface area (Å²) in [5.74, 6) is 0. The van der Waals surface area contributed by atoms with Crippen LogP contribution in [0.3, 0.4) is 0 Å². The van der Waals surface area contributed by atoms with Crippen LogP contribution < -0.4 is 5.73 Å². The summed E-state index contributed by atoms with van der Waals surface area (Å²) in [7, 11) is -3.41. The summed E-state index contributed by atoms with van der Waals surface area (Å²) in [6, 6.07) is 8.80. The lowest BCUT2D eigenvalue weighted by Gasteiger charge is -2.10. The third kappa shape index (κ3) is 3.87. The van der Waals surface area contributed by atoms with Crippen LogP contribution in [0.1, 0.15) is 11.6 Å². The number of nitrogens with two attached hydrogens (primary N) is 1. The molecule has 0 radical (unpaired) electrons. The molecule has 0 unspecified atom stereocenters. The van der Waals surface area contributed by atoms with Gasteiger partial charge in [0, 0.05) is 0 Å². The summed E-state index contributed by atoms with van der Waals surface area (Å²) in [4.78, 5) is 0. The molecule has 1 rings (SSSR count). The summed E-state index contributed by atoms with van der Waals surface area (Å²) in [6.45, 7) is -0.0250. The first-order chi connectivity index (χ1) is 6.49. The highest BCUT2D eigenvalue weighted by molar-refractivity contribution is 7.85. The third-order valence-electron chi connectivity index (χ3n) is 1.69. The number of benzene rings is 1. The molecule has 2 N–H and O–H groups in total. The molecule has 0 aromatic heterocycles. The molecule has 0 amide bonds. The van der Waals surface area contributed by atoms with Gasteiger partial charge in [-0.25, -0.2) is 0 Å². The Hall–Kier alpha value is -0.910. The Morgan fingerprint density at radius 3 is 2.43 bits per heavy atom. The molecule has 0 fully saturated rings. The van der Waals surface area contributed by atoms with Crippen LogP contribution in [0, 0.1) is 0 Å². The molecule has 0 saturated heterocycles. The second-order valence-corrected chi connectivity index (χ2v) is 4.65. The van der Waals surface area contributed by atoms with Crippen molar-refractivity contribution < 1.29 is 12.6 Å². The van der Waals surface area contributed by atoms with Gasteiger partial charge in [0.05, 0.1) is 18.9 Å². The van der Waals surface area contributed by atoms with E-state index in [4.69, 9.17) is 5.73 Å². The average molecular weight is 215 g/mol. The SMILES string of the molecule is CS(=O)(=O)OC[C@H](N)c1ccccc1. The highest BCUT2D eigenvalue weighted by Crippen LogP contribution is 2.10. The first kappa shape index (κ1) is 11.2. The minimum Gasteiger partial charge on any atom is -0.322 e. The first-order valence-corrected chi connectivity index (χ1v) is 5.95. The lowest BCUT2D eigenvalue weighted by atomic mass is 10.1. The molecule has 78 valence electrons. The van der Waals surface area contributed by atoms with E-state index in [1.165, 1.54) is 0 Å². The number of rotatable bonds is 4. The fourth-order valence-electron chi connectivity index (χ4n) is 0.993. The van der Waals surface area contributed by atoms with Gasteiger partial charge in [-0.15, -0.1) is 0 Å². The van der Waals surface area contributed by atoms with E-state index in [9.17, 15) is 8.42 Å². The van der Waals surface area contributed by atoms with Crippen molar-refractivity contribution in [1.82, 2.24) is 0 Å². The maximum absolute atomic E-state index is 10.7. The van der Waals surface area contributed by atoms with Crippen LogP contribution in [0.5, 0.6) is 0 Å². The third-order valence-corrected chi connectivity index (χ3v) is 2.25. The van der Waals surface area contributed by atoms with Gasteiger partial charge in [-0.1, -0.05) is 30.3 Å². The average Bonchev–Trinajstić information content (AvgIpc) is 2.14. The molecule has 0 aliphatic heterocycles. The van der Waals surface area contributed by atoms with Crippen LogP contribution in [0.2, 0.25) is 0 Å². The van der Waals surface area contributed by atoms with E-state index in [0.717, 1.165) is 11.8 Å². The lowest BCUT2D eigenvalue weighted by Crippen LogP contribution is -2.19. The van der Waals surface area contributed by atoms with Crippen molar-refractivity contribution in [3.8, 4) is 0 Å². The summed E-state index contributed by atoms with van der Waals surface area (Å²) in [5.41, 5.74) is 6.57. The van der Waals surface area contributed by atoms with Gasteiger partial charge in [-0.3, -0.25) is 4.18 Å². The molecule has 14 heavy (non-hydrogen) atoms. The van der Waals surface area contributed by atoms with Crippen molar-refractivity contribution in [2.24, 2.45) is 5.73 Å². The van der Waals surface area contributed by atoms with Gasteiger partial charge in [0.25, 0.3) is 10.1 Å². The van der Waals surface area contributed by atoms with E-state index >= 15 is 0 Å². The van der Waals surface area contributed by atoms with E-state index in [-0.39, 0.29) is 6.61 Å². The van der Waals surface area contributed by atoms with Crippen molar-refractivity contribution in [3.63, 3.8) is 0 Å². The smallest absolute Gasteiger partial charge is 0.264 e. The molecule has 0 bridgehead atoms. The van der Waals surface area contributed by atoms with E-state index in [0.29, 0.717) is 0 Å². The van der Waals surface area contributed by atoms with E-state index < -0.39 is 16.2 Å². The van der Waals surface area contributed by atoms with Crippen LogP contribution in [-0.2, 0) is 14.3 Å². The van der Waals surface area contributed by atoms with Crippen LogP contribution in [0.4, 0.5) is 0 Å².